The standard InChI is InChI=1S/C19H42N.C5H5.BrH.Tl/c1-5-6-7-8-9-10-11-12-13-14-15-16-17-18-19-20(2,3)4;1-3-5-4-2;;/h5-19H2,1-4H3;1-5H;1H;/q+1;;;/p-1. The summed E-state index contributed by atoms with van der Waals surface area (Å²) in [5, 5.41) is 0. The molecular formula is C24H47BrNTl. The van der Waals surface area contributed by atoms with E-state index in [0.29, 0.717) is 0 Å². The molecule has 1 rings (SSSR count). The summed E-state index contributed by atoms with van der Waals surface area (Å²) in [6.07, 6.45) is 26.7. The molecule has 1 nitrogen and oxygen atoms in total. The molecule has 1 heterocycles. The molecule has 0 bridgehead atoms. The van der Waals surface area contributed by atoms with Gasteiger partial charge in [-0.25, -0.2) is 0 Å². The van der Waals surface area contributed by atoms with E-state index in [4.69, 9.17) is 0 Å². The zero-order chi connectivity index (χ0) is 19.3. The van der Waals surface area contributed by atoms with Crippen molar-refractivity contribution in [2.24, 2.45) is 0 Å². The van der Waals surface area contributed by atoms with Crippen molar-refractivity contribution in [1.82, 2.24) is 0 Å². The SMILES string of the molecule is C1=C[CH]=[Tl][CH]=C1.CCCCCCCCCCCCCCCC[N+](C)(C)C.[Br-]. The number of allylic oxidation sites excluding steroid dienone is 3. The van der Waals surface area contributed by atoms with Crippen LogP contribution in [0, 0.1) is 0 Å². The second kappa shape index (κ2) is 23.0. The van der Waals surface area contributed by atoms with Gasteiger partial charge in [0.15, 0.2) is 0 Å². The van der Waals surface area contributed by atoms with E-state index in [2.05, 4.69) is 53.5 Å². The van der Waals surface area contributed by atoms with Crippen molar-refractivity contribution < 1.29 is 21.5 Å². The Balaban J connectivity index is 0. The molecule has 0 aromatic carbocycles. The molecule has 0 saturated carbocycles. The van der Waals surface area contributed by atoms with Gasteiger partial charge in [0.05, 0.1) is 27.7 Å². The van der Waals surface area contributed by atoms with Gasteiger partial charge in [-0.1, -0.05) is 84.0 Å². The third kappa shape index (κ3) is 29.0. The van der Waals surface area contributed by atoms with Gasteiger partial charge in [-0.15, -0.1) is 0 Å². The molecule has 158 valence electrons. The molecule has 0 N–H and O–H groups in total. The number of hydrogen-bond donors (Lipinski definition) is 0. The number of rotatable bonds is 15. The van der Waals surface area contributed by atoms with E-state index in [-0.39, 0.29) is 40.7 Å². The van der Waals surface area contributed by atoms with Crippen LogP contribution in [0.3, 0.4) is 0 Å². The Kier molecular flexibility index (Phi) is 25.5. The topological polar surface area (TPSA) is 0 Å². The third-order valence-corrected chi connectivity index (χ3v) is 8.30. The predicted molar refractivity (Wildman–Crippen MR) is 123 cm³/mol. The molecule has 0 aromatic heterocycles. The quantitative estimate of drug-likeness (QED) is 0.147. The van der Waals surface area contributed by atoms with E-state index in [1.54, 1.807) is 0 Å². The average Bonchev–Trinajstić information content (AvgIpc) is 2.63. The Morgan fingerprint density at radius 3 is 1.30 bits per heavy atom. The monoisotopic (exact) mass is 633 g/mol. The van der Waals surface area contributed by atoms with Gasteiger partial charge in [0, 0.05) is 0 Å². The van der Waals surface area contributed by atoms with Gasteiger partial charge in [0.2, 0.25) is 0 Å². The molecule has 1 aliphatic heterocycles. The third-order valence-electron chi connectivity index (χ3n) is 4.85. The summed E-state index contributed by atoms with van der Waals surface area (Å²) in [5.74, 6) is 0. The molecule has 0 aromatic rings. The summed E-state index contributed by atoms with van der Waals surface area (Å²) in [5.41, 5.74) is 0. The van der Waals surface area contributed by atoms with Crippen molar-refractivity contribution in [3.05, 3.63) is 21.9 Å². The summed E-state index contributed by atoms with van der Waals surface area (Å²) >= 11 is -0.380. The van der Waals surface area contributed by atoms with Crippen molar-refractivity contribution in [3.8, 4) is 0 Å². The van der Waals surface area contributed by atoms with Crippen LogP contribution >= 0.6 is 0 Å². The molecule has 0 aliphatic carbocycles. The second-order valence-corrected chi connectivity index (χ2v) is 13.3. The van der Waals surface area contributed by atoms with Crippen LogP contribution < -0.4 is 17.0 Å². The minimum atomic E-state index is -0.380. The van der Waals surface area contributed by atoms with Crippen molar-refractivity contribution in [1.29, 1.82) is 0 Å². The first kappa shape index (κ1) is 29.9. The molecule has 0 spiro atoms. The van der Waals surface area contributed by atoms with Crippen LogP contribution in [0.2, 0.25) is 0 Å². The number of nitrogens with zero attached hydrogens (tertiary/aromatic N) is 1. The molecule has 1 aliphatic rings. The van der Waals surface area contributed by atoms with E-state index in [9.17, 15) is 0 Å². The van der Waals surface area contributed by atoms with Gasteiger partial charge in [0.25, 0.3) is 0 Å². The van der Waals surface area contributed by atoms with Gasteiger partial charge >= 0.3 is 49.2 Å². The average molecular weight is 634 g/mol. The number of unbranched alkanes of at least 4 members (excludes halogenated alkanes) is 13. The Morgan fingerprint density at radius 2 is 1.04 bits per heavy atom. The Labute approximate surface area is 194 Å². The van der Waals surface area contributed by atoms with Crippen molar-refractivity contribution in [2.75, 3.05) is 27.7 Å². The largest absolute Gasteiger partial charge is 1.00 e. The molecule has 0 amide bonds. The van der Waals surface area contributed by atoms with E-state index in [1.807, 2.05) is 0 Å². The van der Waals surface area contributed by atoms with Crippen molar-refractivity contribution >= 4 is 27.3 Å². The molecule has 0 fully saturated rings. The molecule has 0 saturated heterocycles. The molecule has 0 atom stereocenters. The van der Waals surface area contributed by atoms with Crippen molar-refractivity contribution in [2.45, 2.75) is 96.8 Å². The first-order chi connectivity index (χ1) is 12.6. The molecule has 3 heteroatoms. The normalized spacial score (nSPS) is 12.1. The van der Waals surface area contributed by atoms with Crippen LogP contribution in [-0.2, 0) is 0 Å². The Morgan fingerprint density at radius 1 is 0.593 bits per heavy atom. The number of halogens is 1. The smallest absolute Gasteiger partial charge is 0.0780 e. The van der Waals surface area contributed by atoms with Crippen LogP contribution in [0.4, 0.5) is 0 Å². The number of hydrogen-bond acceptors (Lipinski definition) is 0. The van der Waals surface area contributed by atoms with Crippen molar-refractivity contribution in [3.63, 3.8) is 0 Å². The molecule has 0 unspecified atom stereocenters. The van der Waals surface area contributed by atoms with E-state index in [0.717, 1.165) is 4.48 Å². The van der Waals surface area contributed by atoms with Gasteiger partial charge in [-0.3, -0.25) is 0 Å². The first-order valence-electron chi connectivity index (χ1n) is 11.4. The molecule has 0 radical (unpaired) electrons. The molecular weight excluding hydrogens is 587 g/mol. The second-order valence-electron chi connectivity index (χ2n) is 8.76. The minimum Gasteiger partial charge on any atom is -1.00 e. The maximum Gasteiger partial charge on any atom is 0.0780 e. The fourth-order valence-corrected chi connectivity index (χ4v) is 5.66. The van der Waals surface area contributed by atoms with Gasteiger partial charge in [0.1, 0.15) is 0 Å². The summed E-state index contributed by atoms with van der Waals surface area (Å²) in [4.78, 5) is 0. The van der Waals surface area contributed by atoms with Crippen LogP contribution in [0.15, 0.2) is 21.9 Å². The zero-order valence-electron chi connectivity index (χ0n) is 18.9. The van der Waals surface area contributed by atoms with E-state index in [1.165, 1.54) is 96.4 Å². The van der Waals surface area contributed by atoms with Crippen LogP contribution in [0.1, 0.15) is 96.8 Å². The van der Waals surface area contributed by atoms with Gasteiger partial charge < -0.3 is 21.5 Å². The zero-order valence-corrected chi connectivity index (χ0v) is 25.0. The Bertz CT molecular complexity index is 333. The maximum absolute atomic E-state index is 2.33. The van der Waals surface area contributed by atoms with E-state index >= 15 is 0 Å². The fraction of sp³-hybridized carbons (Fsp3) is 0.792. The van der Waals surface area contributed by atoms with E-state index < -0.39 is 0 Å². The minimum absolute atomic E-state index is 0. The van der Waals surface area contributed by atoms with Gasteiger partial charge in [-0.05, 0) is 12.8 Å². The summed E-state index contributed by atoms with van der Waals surface area (Å²) < 4.78 is 5.79. The molecule has 27 heavy (non-hydrogen) atoms. The summed E-state index contributed by atoms with van der Waals surface area (Å²) in [6, 6.07) is 0. The summed E-state index contributed by atoms with van der Waals surface area (Å²) in [6.45, 7) is 3.63. The van der Waals surface area contributed by atoms with Crippen LogP contribution in [0.5, 0.6) is 0 Å². The fourth-order valence-electron chi connectivity index (χ4n) is 3.17. The first-order valence-corrected chi connectivity index (χ1v) is 16.5. The maximum atomic E-state index is 2.33. The Hall–Kier alpha value is 0.712. The predicted octanol–water partition coefficient (Wildman–Crippen LogP) is 3.75. The van der Waals surface area contributed by atoms with Crippen LogP contribution in [-0.4, -0.2) is 59.5 Å². The van der Waals surface area contributed by atoms with Crippen LogP contribution in [0.25, 0.3) is 0 Å². The van der Waals surface area contributed by atoms with Gasteiger partial charge in [-0.2, -0.15) is 0 Å². The number of quaternary nitrogens is 1. The summed E-state index contributed by atoms with van der Waals surface area (Å²) in [7, 11) is 6.88.